The smallest absolute Gasteiger partial charge is 0.352 e. The van der Waals surface area contributed by atoms with Crippen LogP contribution < -0.4 is 10.9 Å². The summed E-state index contributed by atoms with van der Waals surface area (Å²) in [4.78, 5) is 27.5. The van der Waals surface area contributed by atoms with Gasteiger partial charge in [0, 0.05) is 13.6 Å². The molecule has 0 radical (unpaired) electrons. The number of carbonyl (C=O) groups excluding carboxylic acids is 1. The zero-order valence-electron chi connectivity index (χ0n) is 22.7. The van der Waals surface area contributed by atoms with Crippen molar-refractivity contribution < 1.29 is 18.0 Å². The van der Waals surface area contributed by atoms with Crippen LogP contribution in [-0.4, -0.2) is 31.6 Å². The van der Waals surface area contributed by atoms with Crippen LogP contribution in [0.25, 0.3) is 22.8 Å². The van der Waals surface area contributed by atoms with Crippen LogP contribution in [0.3, 0.4) is 0 Å². The summed E-state index contributed by atoms with van der Waals surface area (Å²) in [5.74, 6) is 0.333. The second kappa shape index (κ2) is 11.1. The highest BCUT2D eigenvalue weighted by molar-refractivity contribution is 5.99. The number of nitrogens with one attached hydrogen (secondary N) is 1. The van der Waals surface area contributed by atoms with Crippen molar-refractivity contribution in [3.63, 3.8) is 0 Å². The Bertz CT molecular complexity index is 1670. The maximum atomic E-state index is 13.9. The van der Waals surface area contributed by atoms with Gasteiger partial charge in [-0.25, -0.2) is 9.36 Å². The van der Waals surface area contributed by atoms with Gasteiger partial charge in [-0.1, -0.05) is 25.8 Å². The first-order chi connectivity index (χ1) is 19.6. The average Bonchev–Trinajstić information content (AvgIpc) is 3.54. The molecule has 0 unspecified atom stereocenters. The van der Waals surface area contributed by atoms with Gasteiger partial charge in [-0.2, -0.15) is 23.5 Å². The summed E-state index contributed by atoms with van der Waals surface area (Å²) in [6.45, 7) is 2.61. The summed E-state index contributed by atoms with van der Waals surface area (Å²) in [7, 11) is 1.52. The van der Waals surface area contributed by atoms with E-state index in [1.807, 2.05) is 0 Å². The molecule has 2 heterocycles. The number of aromatic nitrogens is 4. The summed E-state index contributed by atoms with van der Waals surface area (Å²) >= 11 is 0. The van der Waals surface area contributed by atoms with Gasteiger partial charge in [0.25, 0.3) is 11.5 Å². The fourth-order valence-electron chi connectivity index (χ4n) is 5.43. The number of hydrogen-bond acceptors (Lipinski definition) is 4. The van der Waals surface area contributed by atoms with Gasteiger partial charge in [0.1, 0.15) is 11.3 Å². The number of nitrogens with zero attached hydrogens (tertiary/aromatic N) is 5. The Kier molecular flexibility index (Phi) is 7.58. The first-order valence-electron chi connectivity index (χ1n) is 13.4. The molecule has 2 aromatic heterocycles. The lowest BCUT2D eigenvalue weighted by atomic mass is 9.83. The summed E-state index contributed by atoms with van der Waals surface area (Å²) in [5, 5.41) is 16.5. The molecule has 1 fully saturated rings. The monoisotopic (exact) mass is 562 g/mol. The molecule has 2 aromatic carbocycles. The van der Waals surface area contributed by atoms with E-state index in [9.17, 15) is 22.8 Å². The molecular formula is C30H29F3N6O2. The molecule has 5 rings (SSSR count). The van der Waals surface area contributed by atoms with Crippen molar-refractivity contribution in [2.75, 3.05) is 6.54 Å². The number of hydrogen-bond donors (Lipinski definition) is 1. The first-order valence-corrected chi connectivity index (χ1v) is 13.4. The minimum Gasteiger partial charge on any atom is -0.352 e. The van der Waals surface area contributed by atoms with Crippen molar-refractivity contribution in [3.8, 4) is 28.8 Å². The van der Waals surface area contributed by atoms with Gasteiger partial charge in [-0.15, -0.1) is 0 Å². The van der Waals surface area contributed by atoms with Gasteiger partial charge in [-0.3, -0.25) is 14.3 Å². The van der Waals surface area contributed by atoms with E-state index in [1.54, 1.807) is 30.3 Å². The standard InChI is InChI=1S/C30H29F3N6O2/c1-19-6-8-21(9-7-19)18-35-28(40)26-27(25-14-15-36-38(25)23-12-10-20(17-34)11-13-23)37(2)39(29(26)41)24-5-3-4-22(16-24)30(31,32)33/h3-5,10-16,19,21H,6-9,18H2,1-2H3,(H,35,40). The molecule has 1 aliphatic rings. The number of halogens is 3. The topological polar surface area (TPSA) is 97.6 Å². The SMILES string of the molecule is CC1CCC(CNC(=O)c2c(-c3ccnn3-c3ccc(C#N)cc3)n(C)n(-c3cccc(C(F)(F)F)c3)c2=O)CC1. The van der Waals surface area contributed by atoms with Crippen LogP contribution in [0.1, 0.15) is 54.1 Å². The maximum absolute atomic E-state index is 13.9. The minimum absolute atomic E-state index is 0.0293. The van der Waals surface area contributed by atoms with E-state index in [1.165, 1.54) is 34.7 Å². The van der Waals surface area contributed by atoms with Crippen LogP contribution in [-0.2, 0) is 13.2 Å². The molecule has 4 aromatic rings. The van der Waals surface area contributed by atoms with Crippen molar-refractivity contribution >= 4 is 5.91 Å². The number of carbonyl (C=O) groups is 1. The van der Waals surface area contributed by atoms with E-state index in [4.69, 9.17) is 5.26 Å². The van der Waals surface area contributed by atoms with Crippen LogP contribution in [0.5, 0.6) is 0 Å². The molecule has 41 heavy (non-hydrogen) atoms. The number of nitriles is 1. The predicted octanol–water partition coefficient (Wildman–Crippen LogP) is 5.48. The lowest BCUT2D eigenvalue weighted by Gasteiger charge is -2.26. The Balaban J connectivity index is 1.62. The molecule has 1 aliphatic carbocycles. The van der Waals surface area contributed by atoms with Crippen LogP contribution in [0, 0.1) is 23.2 Å². The molecule has 0 saturated heterocycles. The van der Waals surface area contributed by atoms with E-state index < -0.39 is 23.2 Å². The minimum atomic E-state index is -4.61. The lowest BCUT2D eigenvalue weighted by Crippen LogP contribution is -2.34. The van der Waals surface area contributed by atoms with E-state index in [0.29, 0.717) is 29.4 Å². The fourth-order valence-corrected chi connectivity index (χ4v) is 5.43. The quantitative estimate of drug-likeness (QED) is 0.337. The summed E-state index contributed by atoms with van der Waals surface area (Å²) < 4.78 is 44.5. The van der Waals surface area contributed by atoms with Gasteiger partial charge in [-0.05, 0) is 73.2 Å². The molecule has 1 saturated carbocycles. The Morgan fingerprint density at radius 1 is 1.07 bits per heavy atom. The molecule has 0 atom stereocenters. The highest BCUT2D eigenvalue weighted by atomic mass is 19.4. The van der Waals surface area contributed by atoms with E-state index in [-0.39, 0.29) is 22.9 Å². The Morgan fingerprint density at radius 2 is 1.78 bits per heavy atom. The summed E-state index contributed by atoms with van der Waals surface area (Å²) in [6.07, 6.45) is 0.989. The Hall–Kier alpha value is -4.59. The highest BCUT2D eigenvalue weighted by Gasteiger charge is 2.32. The molecule has 212 valence electrons. The number of benzene rings is 2. The number of amides is 1. The third-order valence-electron chi connectivity index (χ3n) is 7.72. The molecule has 11 heteroatoms. The summed E-state index contributed by atoms with van der Waals surface area (Å²) in [5.41, 5.74) is -0.272. The lowest BCUT2D eigenvalue weighted by molar-refractivity contribution is -0.137. The normalized spacial score (nSPS) is 17.3. The van der Waals surface area contributed by atoms with Gasteiger partial charge in [0.15, 0.2) is 0 Å². The Morgan fingerprint density at radius 3 is 2.44 bits per heavy atom. The van der Waals surface area contributed by atoms with Gasteiger partial charge in [0.05, 0.1) is 40.5 Å². The maximum Gasteiger partial charge on any atom is 0.416 e. The number of rotatable bonds is 6. The molecule has 0 aliphatic heterocycles. The zero-order valence-corrected chi connectivity index (χ0v) is 22.7. The first kappa shape index (κ1) is 28.0. The van der Waals surface area contributed by atoms with E-state index in [2.05, 4.69) is 23.4 Å². The predicted molar refractivity (Wildman–Crippen MR) is 147 cm³/mol. The van der Waals surface area contributed by atoms with Crippen LogP contribution >= 0.6 is 0 Å². The second-order valence-corrected chi connectivity index (χ2v) is 10.5. The number of alkyl halides is 3. The summed E-state index contributed by atoms with van der Waals surface area (Å²) in [6, 6.07) is 14.7. The van der Waals surface area contributed by atoms with Crippen LogP contribution in [0.15, 0.2) is 65.6 Å². The highest BCUT2D eigenvalue weighted by Crippen LogP contribution is 2.32. The average molecular weight is 563 g/mol. The van der Waals surface area contributed by atoms with Gasteiger partial charge >= 0.3 is 6.18 Å². The fraction of sp³-hybridized carbons (Fsp3) is 0.333. The van der Waals surface area contributed by atoms with E-state index in [0.717, 1.165) is 42.5 Å². The van der Waals surface area contributed by atoms with Crippen molar-refractivity contribution in [2.45, 2.75) is 38.8 Å². The van der Waals surface area contributed by atoms with Gasteiger partial charge < -0.3 is 5.32 Å². The third-order valence-corrected chi connectivity index (χ3v) is 7.72. The molecule has 0 bridgehead atoms. The Labute approximate surface area is 234 Å². The van der Waals surface area contributed by atoms with E-state index >= 15 is 0 Å². The third kappa shape index (κ3) is 5.55. The van der Waals surface area contributed by atoms with Crippen molar-refractivity contribution in [1.82, 2.24) is 24.5 Å². The molecular weight excluding hydrogens is 533 g/mol. The van der Waals surface area contributed by atoms with Crippen molar-refractivity contribution in [2.24, 2.45) is 18.9 Å². The second-order valence-electron chi connectivity index (χ2n) is 10.5. The molecule has 1 N–H and O–H groups in total. The van der Waals surface area contributed by atoms with Crippen molar-refractivity contribution in [3.05, 3.63) is 87.8 Å². The van der Waals surface area contributed by atoms with Crippen molar-refractivity contribution in [1.29, 1.82) is 5.26 Å². The molecule has 8 nitrogen and oxygen atoms in total. The van der Waals surface area contributed by atoms with Gasteiger partial charge in [0.2, 0.25) is 0 Å². The zero-order chi connectivity index (χ0) is 29.3. The largest absolute Gasteiger partial charge is 0.416 e. The molecule has 0 spiro atoms. The van der Waals surface area contributed by atoms with Crippen LogP contribution in [0.2, 0.25) is 0 Å². The van der Waals surface area contributed by atoms with Crippen LogP contribution in [0.4, 0.5) is 13.2 Å². The molecule has 1 amide bonds.